The van der Waals surface area contributed by atoms with E-state index in [4.69, 9.17) is 23.7 Å². The third-order valence-electron chi connectivity index (χ3n) is 11.9. The molecular formula is C41H42N2O21. The number of phenolic OH excluding ortho intramolecular Hbond substituents is 2. The number of rotatable bonds is 11. The highest BCUT2D eigenvalue weighted by Crippen LogP contribution is 2.52. The van der Waals surface area contributed by atoms with Gasteiger partial charge in [-0.1, -0.05) is 12.1 Å². The minimum absolute atomic E-state index is 0.00827. The quantitative estimate of drug-likeness (QED) is 0.0514. The Hall–Kier alpha value is -6.15. The fourth-order valence-electron chi connectivity index (χ4n) is 8.64. The summed E-state index contributed by atoms with van der Waals surface area (Å²) < 4.78 is 28.0. The number of carbonyl (C=O) groups is 5. The summed E-state index contributed by atoms with van der Waals surface area (Å²) in [5, 5.41) is 111. The third-order valence-corrected chi connectivity index (χ3v) is 11.9. The summed E-state index contributed by atoms with van der Waals surface area (Å²) >= 11 is 0. The molecule has 10 N–H and O–H groups in total. The summed E-state index contributed by atoms with van der Waals surface area (Å²) in [7, 11) is 1.26. The maximum atomic E-state index is 14.0. The molecule has 3 aromatic rings. The summed E-state index contributed by atoms with van der Waals surface area (Å²) in [5.41, 5.74) is -5.58. The number of nitro benzene ring substituents is 1. The number of nitrogens with zero attached hydrogens (tertiary/aromatic N) is 1. The lowest BCUT2D eigenvalue weighted by Gasteiger charge is -2.42. The van der Waals surface area contributed by atoms with Crippen LogP contribution in [-0.2, 0) is 41.6 Å². The standard InChI is InChI=1S/C41H42N2O21/c1-14-29(46)20(42-40(56)61-13-15-8-16(43(58)59)6-7-17(15)37-35(52)34(51)36(53)38(64-37)39(54)55)9-24(62-14)63-22-11-41(57,23(45)12-44)10-19-26(22)33(50)28-27(31(19)48)30(47)18-4-3-5-21(60-2)25(18)32(28)49/h3-8,14,20,22,24,29,34-38,44,46,48,50-53,57H,9-13H2,1-2H3,(H,42,56)(H,54,55)/t14-,20-,22-,24-,29+,34+,35+,36-,37-,38-,41-/m0/s1. The van der Waals surface area contributed by atoms with Crippen LogP contribution in [0.4, 0.5) is 10.5 Å². The number of fused-ring (bicyclic) bond motifs is 3. The highest BCUT2D eigenvalue weighted by molar-refractivity contribution is 6.31. The van der Waals surface area contributed by atoms with Gasteiger partial charge in [0.2, 0.25) is 5.78 Å². The monoisotopic (exact) mass is 898 g/mol. The molecule has 0 spiro atoms. The Morgan fingerprint density at radius 2 is 1.66 bits per heavy atom. The molecule has 3 aromatic carbocycles. The van der Waals surface area contributed by atoms with Crippen molar-refractivity contribution in [2.45, 2.75) is 99.6 Å². The predicted octanol–water partition coefficient (Wildman–Crippen LogP) is -0.516. The van der Waals surface area contributed by atoms with Gasteiger partial charge in [0.25, 0.3) is 5.69 Å². The number of nitro groups is 1. The number of phenols is 2. The van der Waals surface area contributed by atoms with Crippen molar-refractivity contribution in [2.24, 2.45) is 0 Å². The van der Waals surface area contributed by atoms with Crippen LogP contribution in [0.1, 0.15) is 86.1 Å². The SMILES string of the molecule is COc1cccc2c1C(=O)c1c(O)c3c(c(O)c1C2=O)C[C@@](O)(C(=O)CO)C[C@@H]3O[C@H]1C[C@H](NC(=O)OCc2cc([N+](=O)[O-])ccc2[C@@H]2O[C@H](C(=O)O)[C@@H](O)[C@H](O)[C@H]2O)[C@H](O)[C@H](C)O1. The molecule has 64 heavy (non-hydrogen) atoms. The zero-order valence-corrected chi connectivity index (χ0v) is 33.6. The molecule has 4 aliphatic rings. The van der Waals surface area contributed by atoms with Gasteiger partial charge in [-0.2, -0.15) is 0 Å². The van der Waals surface area contributed by atoms with E-state index in [0.29, 0.717) is 0 Å². The van der Waals surface area contributed by atoms with Crippen molar-refractivity contribution in [1.82, 2.24) is 5.32 Å². The smallest absolute Gasteiger partial charge is 0.407 e. The number of hydrogen-bond acceptors (Lipinski definition) is 20. The Balaban J connectivity index is 1.15. The van der Waals surface area contributed by atoms with E-state index in [1.807, 2.05) is 0 Å². The van der Waals surface area contributed by atoms with E-state index >= 15 is 0 Å². The normalized spacial score (nSPS) is 29.8. The van der Waals surface area contributed by atoms with E-state index in [1.54, 1.807) is 0 Å². The van der Waals surface area contributed by atoms with E-state index in [9.17, 15) is 80.0 Å². The van der Waals surface area contributed by atoms with E-state index in [1.165, 1.54) is 32.2 Å². The first-order valence-electron chi connectivity index (χ1n) is 19.6. The van der Waals surface area contributed by atoms with Gasteiger partial charge in [-0.15, -0.1) is 0 Å². The second kappa shape index (κ2) is 17.4. The van der Waals surface area contributed by atoms with Crippen molar-refractivity contribution in [2.75, 3.05) is 13.7 Å². The molecule has 0 aromatic heterocycles. The molecule has 23 heteroatoms. The number of aliphatic hydroxyl groups excluding tert-OH is 5. The Morgan fingerprint density at radius 3 is 2.31 bits per heavy atom. The van der Waals surface area contributed by atoms with Gasteiger partial charge in [0, 0.05) is 53.6 Å². The van der Waals surface area contributed by atoms with Gasteiger partial charge >= 0.3 is 12.1 Å². The minimum atomic E-state index is -2.47. The number of aromatic hydroxyl groups is 2. The number of aliphatic hydroxyl groups is 6. The fourth-order valence-corrected chi connectivity index (χ4v) is 8.64. The number of ether oxygens (including phenoxy) is 5. The Bertz CT molecular complexity index is 2440. The van der Waals surface area contributed by atoms with Crippen LogP contribution < -0.4 is 10.1 Å². The number of hydrogen-bond donors (Lipinski definition) is 10. The van der Waals surface area contributed by atoms with Crippen molar-refractivity contribution >= 4 is 35.1 Å². The summed E-state index contributed by atoms with van der Waals surface area (Å²) in [5.74, 6) is -6.30. The lowest BCUT2D eigenvalue weighted by atomic mass is 9.72. The van der Waals surface area contributed by atoms with E-state index in [-0.39, 0.29) is 39.1 Å². The van der Waals surface area contributed by atoms with Crippen LogP contribution in [0.2, 0.25) is 0 Å². The number of alkyl carbamates (subject to hydrolysis) is 1. The number of benzene rings is 3. The number of aliphatic carboxylic acids is 1. The number of non-ortho nitro benzene ring substituents is 1. The van der Waals surface area contributed by atoms with Gasteiger partial charge in [-0.3, -0.25) is 24.5 Å². The highest BCUT2D eigenvalue weighted by Gasteiger charge is 2.51. The number of Topliss-reactive ketones (excluding diaryl/α,β-unsaturated/α-hetero) is 1. The number of carbonyl (C=O) groups excluding carboxylic acids is 4. The first-order chi connectivity index (χ1) is 30.2. The maximum Gasteiger partial charge on any atom is 0.407 e. The molecule has 23 nitrogen and oxygen atoms in total. The molecular weight excluding hydrogens is 856 g/mol. The first-order valence-corrected chi connectivity index (χ1v) is 19.6. The van der Waals surface area contributed by atoms with E-state index in [2.05, 4.69) is 5.32 Å². The highest BCUT2D eigenvalue weighted by atomic mass is 16.7. The number of amides is 1. The Morgan fingerprint density at radius 1 is 0.953 bits per heavy atom. The van der Waals surface area contributed by atoms with Crippen LogP contribution in [0.5, 0.6) is 17.2 Å². The summed E-state index contributed by atoms with van der Waals surface area (Å²) in [6.45, 7) is -0.574. The van der Waals surface area contributed by atoms with Gasteiger partial charge in [-0.25, -0.2) is 9.59 Å². The third kappa shape index (κ3) is 7.90. The number of methoxy groups -OCH3 is 1. The molecule has 0 bridgehead atoms. The maximum absolute atomic E-state index is 14.0. The average molecular weight is 899 g/mol. The van der Waals surface area contributed by atoms with Crippen LogP contribution in [0.15, 0.2) is 36.4 Å². The van der Waals surface area contributed by atoms with Crippen LogP contribution in [0.3, 0.4) is 0 Å². The zero-order valence-electron chi connectivity index (χ0n) is 33.6. The molecule has 2 aliphatic heterocycles. The van der Waals surface area contributed by atoms with Crippen molar-refractivity contribution < 1.29 is 98.5 Å². The molecule has 0 radical (unpaired) electrons. The summed E-state index contributed by atoms with van der Waals surface area (Å²) in [6, 6.07) is 5.87. The van der Waals surface area contributed by atoms with Crippen LogP contribution >= 0.6 is 0 Å². The summed E-state index contributed by atoms with van der Waals surface area (Å²) in [4.78, 5) is 76.6. The Kier molecular flexibility index (Phi) is 12.5. The number of ketones is 3. The van der Waals surface area contributed by atoms with Crippen molar-refractivity contribution in [3.63, 3.8) is 0 Å². The topological polar surface area (TPSA) is 369 Å². The molecule has 11 atom stereocenters. The molecule has 0 unspecified atom stereocenters. The average Bonchev–Trinajstić information content (AvgIpc) is 3.26. The van der Waals surface area contributed by atoms with Gasteiger partial charge in [0.05, 0.1) is 47.0 Å². The molecule has 1 amide bonds. The van der Waals surface area contributed by atoms with Crippen LogP contribution in [0.25, 0.3) is 0 Å². The Labute approximate surface area is 360 Å². The van der Waals surface area contributed by atoms with Gasteiger partial charge in [-0.05, 0) is 24.6 Å². The van der Waals surface area contributed by atoms with E-state index in [0.717, 1.165) is 18.2 Å². The molecule has 2 heterocycles. The lowest BCUT2D eigenvalue weighted by molar-refractivity contribution is -0.385. The lowest BCUT2D eigenvalue weighted by Crippen LogP contribution is -2.56. The van der Waals surface area contributed by atoms with Crippen LogP contribution in [0, 0.1) is 10.1 Å². The van der Waals surface area contributed by atoms with Crippen molar-refractivity contribution in [1.29, 1.82) is 0 Å². The van der Waals surface area contributed by atoms with Gasteiger partial charge in [0.1, 0.15) is 66.6 Å². The molecule has 2 aliphatic carbocycles. The van der Waals surface area contributed by atoms with Crippen LogP contribution in [-0.4, -0.2) is 149 Å². The van der Waals surface area contributed by atoms with Crippen molar-refractivity contribution in [3.05, 3.63) is 91.0 Å². The zero-order chi connectivity index (χ0) is 46.7. The van der Waals surface area contributed by atoms with Gasteiger partial charge in [0.15, 0.2) is 24.0 Å². The molecule has 0 saturated carbocycles. The predicted molar refractivity (Wildman–Crippen MR) is 207 cm³/mol. The molecule has 342 valence electrons. The largest absolute Gasteiger partial charge is 0.507 e. The van der Waals surface area contributed by atoms with E-state index < -0.39 is 162 Å². The first kappa shape index (κ1) is 45.9. The number of carboxylic acids is 1. The second-order valence-electron chi connectivity index (χ2n) is 15.8. The molecule has 2 saturated heterocycles. The molecule has 7 rings (SSSR count). The molecule has 2 fully saturated rings. The second-order valence-corrected chi connectivity index (χ2v) is 15.8. The van der Waals surface area contributed by atoms with Gasteiger partial charge < -0.3 is 75.0 Å². The fraction of sp³-hybridized carbons (Fsp3) is 0.439. The summed E-state index contributed by atoms with van der Waals surface area (Å²) in [6.07, 6.45) is -18.5. The van der Waals surface area contributed by atoms with Crippen molar-refractivity contribution in [3.8, 4) is 17.2 Å². The number of carboxylic acid groups (broad SMARTS) is 1. The minimum Gasteiger partial charge on any atom is -0.507 e. The number of nitrogens with one attached hydrogen (secondary N) is 1.